The van der Waals surface area contributed by atoms with Gasteiger partial charge in [0.15, 0.2) is 0 Å². The lowest BCUT2D eigenvalue weighted by Gasteiger charge is -2.36. The van der Waals surface area contributed by atoms with Gasteiger partial charge >= 0.3 is 5.97 Å². The van der Waals surface area contributed by atoms with Crippen LogP contribution in [0.2, 0.25) is 0 Å². The van der Waals surface area contributed by atoms with Crippen LogP contribution in [-0.2, 0) is 14.3 Å². The summed E-state index contributed by atoms with van der Waals surface area (Å²) in [5.74, 6) is -0.0594. The number of piperidine rings is 1. The zero-order valence-corrected chi connectivity index (χ0v) is 17.5. The molecule has 1 spiro atoms. The van der Waals surface area contributed by atoms with Gasteiger partial charge in [-0.05, 0) is 50.9 Å². The third-order valence-electron chi connectivity index (χ3n) is 6.65. The maximum absolute atomic E-state index is 13.0. The third-order valence-corrected chi connectivity index (χ3v) is 6.65. The van der Waals surface area contributed by atoms with Crippen LogP contribution < -0.4 is 0 Å². The van der Waals surface area contributed by atoms with Gasteiger partial charge in [0.05, 0.1) is 22.7 Å². The Balaban J connectivity index is 0.000000730. The summed E-state index contributed by atoms with van der Waals surface area (Å²) >= 11 is 0. The number of amides is 1. The van der Waals surface area contributed by atoms with Crippen LogP contribution in [0.5, 0.6) is 0 Å². The van der Waals surface area contributed by atoms with Crippen molar-refractivity contribution in [2.45, 2.75) is 38.2 Å². The summed E-state index contributed by atoms with van der Waals surface area (Å²) in [5.41, 5.74) is 1.04. The Morgan fingerprint density at radius 2 is 1.94 bits per heavy atom. The monoisotopic (exact) mass is 428 g/mol. The van der Waals surface area contributed by atoms with Gasteiger partial charge in [-0.3, -0.25) is 19.3 Å². The zero-order chi connectivity index (χ0) is 21.8. The molecule has 1 unspecified atom stereocenters. The quantitative estimate of drug-likeness (QED) is 0.586. The van der Waals surface area contributed by atoms with Crippen LogP contribution in [0.15, 0.2) is 30.6 Å². The van der Waals surface area contributed by atoms with Gasteiger partial charge in [0.2, 0.25) is 0 Å². The number of aromatic nitrogens is 2. The number of carbonyl (C=O) groups is 3. The Hall–Kier alpha value is -2.94. The molecule has 0 bridgehead atoms. The first-order chi connectivity index (χ1) is 15.1. The molecule has 3 aliphatic rings. The highest BCUT2D eigenvalue weighted by atomic mass is 16.6. The molecule has 3 aliphatic heterocycles. The number of fused-ring (bicyclic) bond motifs is 1. The number of carboxylic acid groups (broad SMARTS) is 1. The molecule has 166 valence electrons. The lowest BCUT2D eigenvalue weighted by atomic mass is 9.76. The van der Waals surface area contributed by atoms with Crippen molar-refractivity contribution < 1.29 is 24.2 Å². The van der Waals surface area contributed by atoms with Gasteiger partial charge in [-0.2, -0.15) is 5.10 Å². The highest BCUT2D eigenvalue weighted by Gasteiger charge is 2.51. The van der Waals surface area contributed by atoms with Gasteiger partial charge in [-0.1, -0.05) is 6.07 Å². The van der Waals surface area contributed by atoms with Gasteiger partial charge in [0, 0.05) is 32.3 Å². The molecule has 0 aromatic carbocycles. The molecule has 9 heteroatoms. The lowest BCUT2D eigenvalue weighted by Crippen LogP contribution is -2.45. The number of esters is 1. The second-order valence-electron chi connectivity index (χ2n) is 8.51. The van der Waals surface area contributed by atoms with Crippen molar-refractivity contribution in [3.05, 3.63) is 36.2 Å². The standard InChI is InChI=1S/C21H26N4O3.CH2O2/c26-19(17-14-22-25-10-2-1-5-18(17)25)24-11-6-21(7-12-24)13-16(28-20(21)27)15-23-8-3-4-9-23;2-1-3/h1-2,5,10,14,16H,3-4,6-9,11-13,15H2;1H,(H,2,3). The van der Waals surface area contributed by atoms with Crippen LogP contribution in [0.25, 0.3) is 5.52 Å². The predicted octanol–water partition coefficient (Wildman–Crippen LogP) is 1.67. The summed E-state index contributed by atoms with van der Waals surface area (Å²) in [7, 11) is 0. The Morgan fingerprint density at radius 3 is 2.65 bits per heavy atom. The van der Waals surface area contributed by atoms with E-state index in [9.17, 15) is 9.59 Å². The fraction of sp³-hybridized carbons (Fsp3) is 0.545. The largest absolute Gasteiger partial charge is 0.483 e. The van der Waals surface area contributed by atoms with E-state index in [0.717, 1.165) is 31.6 Å². The van der Waals surface area contributed by atoms with Crippen molar-refractivity contribution in [1.82, 2.24) is 19.4 Å². The number of cyclic esters (lactones) is 1. The first-order valence-corrected chi connectivity index (χ1v) is 10.8. The molecule has 1 N–H and O–H groups in total. The number of ether oxygens (including phenoxy) is 1. The molecule has 5 rings (SSSR count). The van der Waals surface area contributed by atoms with Gasteiger partial charge in [0.25, 0.3) is 12.4 Å². The van der Waals surface area contributed by atoms with E-state index in [4.69, 9.17) is 14.6 Å². The fourth-order valence-corrected chi connectivity index (χ4v) is 5.01. The van der Waals surface area contributed by atoms with E-state index in [2.05, 4.69) is 10.00 Å². The van der Waals surface area contributed by atoms with E-state index < -0.39 is 5.41 Å². The average molecular weight is 428 g/mol. The van der Waals surface area contributed by atoms with Gasteiger partial charge in [0.1, 0.15) is 6.10 Å². The molecular formula is C22H28N4O5. The Labute approximate surface area is 180 Å². The highest BCUT2D eigenvalue weighted by Crippen LogP contribution is 2.43. The number of likely N-dealkylation sites (tertiary alicyclic amines) is 2. The number of pyridine rings is 1. The van der Waals surface area contributed by atoms with E-state index in [1.807, 2.05) is 29.3 Å². The normalized spacial score (nSPS) is 22.9. The van der Waals surface area contributed by atoms with Crippen molar-refractivity contribution in [2.24, 2.45) is 5.41 Å². The molecule has 5 heterocycles. The van der Waals surface area contributed by atoms with E-state index in [0.29, 0.717) is 31.5 Å². The van der Waals surface area contributed by atoms with Crippen molar-refractivity contribution in [1.29, 1.82) is 0 Å². The van der Waals surface area contributed by atoms with E-state index in [-0.39, 0.29) is 24.5 Å². The van der Waals surface area contributed by atoms with Crippen molar-refractivity contribution in [2.75, 3.05) is 32.7 Å². The second-order valence-corrected chi connectivity index (χ2v) is 8.51. The molecule has 3 fully saturated rings. The second kappa shape index (κ2) is 9.05. The zero-order valence-electron chi connectivity index (χ0n) is 17.5. The minimum absolute atomic E-state index is 0.00367. The van der Waals surface area contributed by atoms with Gasteiger partial charge < -0.3 is 14.7 Å². The molecule has 9 nitrogen and oxygen atoms in total. The summed E-state index contributed by atoms with van der Waals surface area (Å²) in [5, 5.41) is 11.2. The first kappa shape index (κ1) is 21.3. The van der Waals surface area contributed by atoms with Gasteiger partial charge in [-0.25, -0.2) is 4.52 Å². The minimum atomic E-state index is -0.401. The van der Waals surface area contributed by atoms with Crippen LogP contribution in [0, 0.1) is 5.41 Å². The summed E-state index contributed by atoms with van der Waals surface area (Å²) in [6.45, 7) is 4.02. The smallest absolute Gasteiger partial charge is 0.312 e. The summed E-state index contributed by atoms with van der Waals surface area (Å²) in [4.78, 5) is 38.3. The van der Waals surface area contributed by atoms with Crippen LogP contribution in [0.3, 0.4) is 0 Å². The van der Waals surface area contributed by atoms with Gasteiger partial charge in [-0.15, -0.1) is 0 Å². The number of hydrogen-bond acceptors (Lipinski definition) is 6. The average Bonchev–Trinajstić information content (AvgIpc) is 3.49. The maximum atomic E-state index is 13.0. The molecule has 2 aromatic rings. The van der Waals surface area contributed by atoms with Crippen LogP contribution in [-0.4, -0.2) is 81.7 Å². The molecular weight excluding hydrogens is 400 g/mol. The Morgan fingerprint density at radius 1 is 1.23 bits per heavy atom. The lowest BCUT2D eigenvalue weighted by molar-refractivity contribution is -0.151. The maximum Gasteiger partial charge on any atom is 0.312 e. The Kier molecular flexibility index (Phi) is 6.22. The van der Waals surface area contributed by atoms with Crippen molar-refractivity contribution in [3.8, 4) is 0 Å². The van der Waals surface area contributed by atoms with E-state index in [1.165, 1.54) is 12.8 Å². The van der Waals surface area contributed by atoms with Crippen molar-refractivity contribution >= 4 is 23.9 Å². The Bertz CT molecular complexity index is 944. The number of hydrogen-bond donors (Lipinski definition) is 1. The minimum Gasteiger partial charge on any atom is -0.483 e. The molecule has 2 aromatic heterocycles. The van der Waals surface area contributed by atoms with Crippen LogP contribution in [0.1, 0.15) is 42.5 Å². The topological polar surface area (TPSA) is 104 Å². The van der Waals surface area contributed by atoms with Crippen molar-refractivity contribution in [3.63, 3.8) is 0 Å². The molecule has 0 saturated carbocycles. The SMILES string of the molecule is O=C(c1cnn2ccccc12)N1CCC2(CC1)CC(CN1CCCC1)OC2=O.O=CO. The third kappa shape index (κ3) is 4.27. The highest BCUT2D eigenvalue weighted by molar-refractivity contribution is 6.00. The summed E-state index contributed by atoms with van der Waals surface area (Å²) < 4.78 is 7.46. The van der Waals surface area contributed by atoms with Crippen LogP contribution >= 0.6 is 0 Å². The van der Waals surface area contributed by atoms with E-state index >= 15 is 0 Å². The molecule has 1 amide bonds. The number of carbonyl (C=O) groups excluding carboxylic acids is 2. The van der Waals surface area contributed by atoms with Crippen LogP contribution in [0.4, 0.5) is 0 Å². The fourth-order valence-electron chi connectivity index (χ4n) is 5.01. The molecule has 0 radical (unpaired) electrons. The van der Waals surface area contributed by atoms with E-state index in [1.54, 1.807) is 10.7 Å². The first-order valence-electron chi connectivity index (χ1n) is 10.8. The molecule has 31 heavy (non-hydrogen) atoms. The summed E-state index contributed by atoms with van der Waals surface area (Å²) in [6.07, 6.45) is 8.14. The predicted molar refractivity (Wildman–Crippen MR) is 112 cm³/mol. The molecule has 0 aliphatic carbocycles. The number of nitrogens with zero attached hydrogens (tertiary/aromatic N) is 4. The molecule has 1 atom stereocenters. The number of rotatable bonds is 3. The summed E-state index contributed by atoms with van der Waals surface area (Å²) in [6, 6.07) is 5.71. The molecule has 3 saturated heterocycles.